The number of H-pyrrole nitrogens is 1. The fraction of sp³-hybridized carbons (Fsp3) is 0.318. The molecular formula is C22H22ClN3O3S. The molecule has 30 heavy (non-hydrogen) atoms. The van der Waals surface area contributed by atoms with E-state index in [2.05, 4.69) is 11.1 Å². The van der Waals surface area contributed by atoms with Gasteiger partial charge < -0.3 is 9.88 Å². The normalized spacial score (nSPS) is 19.9. The molecule has 1 fully saturated rings. The molecule has 8 heteroatoms. The summed E-state index contributed by atoms with van der Waals surface area (Å²) in [6.45, 7) is 1.45. The van der Waals surface area contributed by atoms with Gasteiger partial charge in [0, 0.05) is 53.2 Å². The van der Waals surface area contributed by atoms with Crippen molar-refractivity contribution in [2.24, 2.45) is 0 Å². The Hall–Kier alpha value is -2.35. The van der Waals surface area contributed by atoms with E-state index < -0.39 is 16.1 Å². The lowest BCUT2D eigenvalue weighted by atomic mass is 10.0. The number of carbonyl (C=O) groups is 1. The topological polar surface area (TPSA) is 73.5 Å². The number of para-hydroxylation sites is 1. The first kappa shape index (κ1) is 19.6. The molecule has 0 saturated carbocycles. The van der Waals surface area contributed by atoms with Crippen LogP contribution in [0.2, 0.25) is 5.02 Å². The average Bonchev–Trinajstić information content (AvgIpc) is 3.38. The summed E-state index contributed by atoms with van der Waals surface area (Å²) in [4.78, 5) is 18.8. The molecule has 2 aromatic carbocycles. The van der Waals surface area contributed by atoms with Crippen LogP contribution in [0.3, 0.4) is 0 Å². The lowest BCUT2D eigenvalue weighted by Gasteiger charge is -2.32. The predicted octanol–water partition coefficient (Wildman–Crippen LogP) is 3.56. The van der Waals surface area contributed by atoms with Gasteiger partial charge >= 0.3 is 0 Å². The zero-order chi connectivity index (χ0) is 20.9. The van der Waals surface area contributed by atoms with E-state index in [0.29, 0.717) is 37.5 Å². The highest BCUT2D eigenvalue weighted by Crippen LogP contribution is 2.31. The van der Waals surface area contributed by atoms with Crippen LogP contribution in [0.4, 0.5) is 0 Å². The number of fused-ring (bicyclic) bond motifs is 3. The summed E-state index contributed by atoms with van der Waals surface area (Å²) < 4.78 is 27.7. The van der Waals surface area contributed by atoms with E-state index in [0.717, 1.165) is 28.6 Å². The number of hydrogen-bond acceptors (Lipinski definition) is 3. The van der Waals surface area contributed by atoms with Crippen LogP contribution in [0.15, 0.2) is 53.4 Å². The maximum Gasteiger partial charge on any atom is 0.243 e. The van der Waals surface area contributed by atoms with Crippen molar-refractivity contribution >= 4 is 38.4 Å². The maximum absolute atomic E-state index is 13.4. The van der Waals surface area contributed by atoms with Crippen LogP contribution in [0.1, 0.15) is 24.1 Å². The number of hydrogen-bond donors (Lipinski definition) is 1. The van der Waals surface area contributed by atoms with E-state index in [9.17, 15) is 13.2 Å². The molecular weight excluding hydrogens is 422 g/mol. The molecule has 3 aromatic rings. The number of benzene rings is 2. The Bertz CT molecular complexity index is 1220. The molecule has 3 heterocycles. The monoisotopic (exact) mass is 443 g/mol. The number of aromatic nitrogens is 1. The third-order valence-corrected chi connectivity index (χ3v) is 8.28. The standard InChI is InChI=1S/C22H22ClN3O3S/c23-15-7-9-16(10-8-15)30(28,29)26-12-3-6-21(26)22(27)25-13-11-20-18(14-25)17-4-1-2-5-19(17)24-20/h1-2,4-5,7-10,21,24H,3,6,11-14H2/t21-/m0/s1. The van der Waals surface area contributed by atoms with Crippen molar-refractivity contribution in [2.75, 3.05) is 13.1 Å². The Labute approximate surface area is 180 Å². The van der Waals surface area contributed by atoms with Crippen molar-refractivity contribution < 1.29 is 13.2 Å². The molecule has 1 N–H and O–H groups in total. The van der Waals surface area contributed by atoms with E-state index in [-0.39, 0.29) is 10.8 Å². The average molecular weight is 444 g/mol. The van der Waals surface area contributed by atoms with Gasteiger partial charge in [-0.15, -0.1) is 0 Å². The van der Waals surface area contributed by atoms with Crippen molar-refractivity contribution in [3.8, 4) is 0 Å². The molecule has 5 rings (SSSR count). The van der Waals surface area contributed by atoms with Crippen LogP contribution in [-0.4, -0.2) is 47.6 Å². The van der Waals surface area contributed by atoms with Gasteiger partial charge in [0.2, 0.25) is 15.9 Å². The summed E-state index contributed by atoms with van der Waals surface area (Å²) in [6, 6.07) is 13.5. The zero-order valence-electron chi connectivity index (χ0n) is 16.3. The molecule has 1 aromatic heterocycles. The quantitative estimate of drug-likeness (QED) is 0.672. The van der Waals surface area contributed by atoms with Gasteiger partial charge in [-0.25, -0.2) is 8.42 Å². The molecule has 2 aliphatic heterocycles. The second-order valence-electron chi connectivity index (χ2n) is 7.87. The van der Waals surface area contributed by atoms with Crippen LogP contribution in [-0.2, 0) is 27.8 Å². The molecule has 0 aliphatic carbocycles. The Morgan fingerprint density at radius 2 is 1.83 bits per heavy atom. The van der Waals surface area contributed by atoms with Crippen molar-refractivity contribution in [3.05, 3.63) is 64.8 Å². The minimum absolute atomic E-state index is 0.110. The fourth-order valence-electron chi connectivity index (χ4n) is 4.58. The number of nitrogens with one attached hydrogen (secondary N) is 1. The van der Waals surface area contributed by atoms with Crippen LogP contribution < -0.4 is 0 Å². The first-order chi connectivity index (χ1) is 14.4. The van der Waals surface area contributed by atoms with Gasteiger partial charge in [0.05, 0.1) is 4.90 Å². The van der Waals surface area contributed by atoms with Gasteiger partial charge in [-0.05, 0) is 43.2 Å². The van der Waals surface area contributed by atoms with Gasteiger partial charge in [-0.1, -0.05) is 29.8 Å². The Morgan fingerprint density at radius 1 is 1.07 bits per heavy atom. The number of carbonyl (C=O) groups excluding carboxylic acids is 1. The van der Waals surface area contributed by atoms with E-state index in [4.69, 9.17) is 11.6 Å². The number of halogens is 1. The number of amides is 1. The highest BCUT2D eigenvalue weighted by molar-refractivity contribution is 7.89. The van der Waals surface area contributed by atoms with Crippen molar-refractivity contribution in [1.29, 1.82) is 0 Å². The molecule has 2 aliphatic rings. The summed E-state index contributed by atoms with van der Waals surface area (Å²) in [6.07, 6.45) is 1.96. The molecule has 0 bridgehead atoms. The summed E-state index contributed by atoms with van der Waals surface area (Å²) in [5.74, 6) is -0.110. The fourth-order valence-corrected chi connectivity index (χ4v) is 6.36. The summed E-state index contributed by atoms with van der Waals surface area (Å²) in [5, 5.41) is 1.60. The Balaban J connectivity index is 1.41. The molecule has 0 spiro atoms. The number of rotatable bonds is 3. The van der Waals surface area contributed by atoms with E-state index in [1.807, 2.05) is 23.1 Å². The summed E-state index contributed by atoms with van der Waals surface area (Å²) in [5.41, 5.74) is 3.37. The van der Waals surface area contributed by atoms with Crippen LogP contribution in [0, 0.1) is 0 Å². The minimum atomic E-state index is -3.75. The van der Waals surface area contributed by atoms with Crippen molar-refractivity contribution in [1.82, 2.24) is 14.2 Å². The SMILES string of the molecule is O=C([C@@H]1CCCN1S(=O)(=O)c1ccc(Cl)cc1)N1CCc2[nH]c3ccccc3c2C1. The second-order valence-corrected chi connectivity index (χ2v) is 10.2. The molecule has 1 saturated heterocycles. The minimum Gasteiger partial charge on any atom is -0.358 e. The first-order valence-electron chi connectivity index (χ1n) is 10.1. The van der Waals surface area contributed by atoms with Crippen LogP contribution in [0.25, 0.3) is 10.9 Å². The van der Waals surface area contributed by atoms with Gasteiger partial charge in [0.25, 0.3) is 0 Å². The van der Waals surface area contributed by atoms with Gasteiger partial charge in [0.1, 0.15) is 6.04 Å². The van der Waals surface area contributed by atoms with E-state index in [1.165, 1.54) is 16.4 Å². The third-order valence-electron chi connectivity index (χ3n) is 6.10. The Morgan fingerprint density at radius 3 is 2.63 bits per heavy atom. The van der Waals surface area contributed by atoms with Crippen LogP contribution >= 0.6 is 11.6 Å². The molecule has 0 radical (unpaired) electrons. The van der Waals surface area contributed by atoms with Gasteiger partial charge in [0.15, 0.2) is 0 Å². The lowest BCUT2D eigenvalue weighted by Crippen LogP contribution is -2.48. The number of nitrogens with zero attached hydrogens (tertiary/aromatic N) is 2. The zero-order valence-corrected chi connectivity index (χ0v) is 17.9. The number of sulfonamides is 1. The number of aromatic amines is 1. The van der Waals surface area contributed by atoms with Crippen molar-refractivity contribution in [3.63, 3.8) is 0 Å². The molecule has 156 valence electrons. The van der Waals surface area contributed by atoms with Crippen LogP contribution in [0.5, 0.6) is 0 Å². The van der Waals surface area contributed by atoms with E-state index in [1.54, 1.807) is 12.1 Å². The second kappa shape index (κ2) is 7.41. The maximum atomic E-state index is 13.4. The highest BCUT2D eigenvalue weighted by atomic mass is 35.5. The summed E-state index contributed by atoms with van der Waals surface area (Å²) in [7, 11) is -3.75. The summed E-state index contributed by atoms with van der Waals surface area (Å²) >= 11 is 5.90. The predicted molar refractivity (Wildman–Crippen MR) is 116 cm³/mol. The van der Waals surface area contributed by atoms with Crippen molar-refractivity contribution in [2.45, 2.75) is 36.7 Å². The third kappa shape index (κ3) is 3.21. The molecule has 6 nitrogen and oxygen atoms in total. The van der Waals surface area contributed by atoms with Gasteiger partial charge in [-0.2, -0.15) is 4.31 Å². The Kier molecular flexibility index (Phi) is 4.84. The first-order valence-corrected chi connectivity index (χ1v) is 11.9. The molecule has 0 unspecified atom stereocenters. The lowest BCUT2D eigenvalue weighted by molar-refractivity contribution is -0.135. The highest BCUT2D eigenvalue weighted by Gasteiger charge is 2.41. The molecule has 1 amide bonds. The largest absolute Gasteiger partial charge is 0.358 e. The van der Waals surface area contributed by atoms with Gasteiger partial charge in [-0.3, -0.25) is 4.79 Å². The smallest absolute Gasteiger partial charge is 0.243 e. The van der Waals surface area contributed by atoms with E-state index >= 15 is 0 Å². The molecule has 1 atom stereocenters.